The number of aliphatic hydroxyl groups excluding tert-OH is 1. The molecule has 4 aliphatic heterocycles. The monoisotopic (exact) mass is 1910 g/mol. The molecule has 0 spiro atoms. The number of H-pyrrole nitrogens is 1. The zero-order valence-electron chi connectivity index (χ0n) is 79.1. The number of aromatic amines is 1. The molecule has 9 rings (SSSR count). The zero-order valence-corrected chi connectivity index (χ0v) is 79.1. The number of carboxylic acid groups (broad SMARTS) is 1. The van der Waals surface area contributed by atoms with Crippen LogP contribution in [0.5, 0.6) is 5.75 Å². The molecular weight excluding hydrogens is 1770 g/mol. The minimum Gasteiger partial charge on any atom is -0.508 e. The largest absolute Gasteiger partial charge is 0.508 e. The first-order valence-corrected chi connectivity index (χ1v) is 47.2. The number of likely N-dealkylation sites (N-methyl/N-ethyl adjacent to an activating group) is 2. The van der Waals surface area contributed by atoms with Gasteiger partial charge in [-0.3, -0.25) is 86.3 Å². The van der Waals surface area contributed by atoms with Crippen molar-refractivity contribution in [3.8, 4) is 5.75 Å². The van der Waals surface area contributed by atoms with Gasteiger partial charge in [0, 0.05) is 107 Å². The van der Waals surface area contributed by atoms with Crippen LogP contribution in [0.2, 0.25) is 0 Å². The van der Waals surface area contributed by atoms with Gasteiger partial charge in [-0.15, -0.1) is 0 Å². The summed E-state index contributed by atoms with van der Waals surface area (Å²) < 4.78 is 1.44. The summed E-state index contributed by atoms with van der Waals surface area (Å²) in [5.41, 5.74) is 26.1. The molecule has 15 atom stereocenters. The highest BCUT2D eigenvalue weighted by Gasteiger charge is 2.47. The van der Waals surface area contributed by atoms with Gasteiger partial charge in [0.05, 0.1) is 25.6 Å². The molecule has 0 unspecified atom stereocenters. The molecule has 4 saturated heterocycles. The number of unbranched alkanes of at least 4 members (excludes halogenated alkanes) is 3. The second-order valence-corrected chi connectivity index (χ2v) is 36.7. The van der Waals surface area contributed by atoms with Crippen molar-refractivity contribution >= 4 is 128 Å². The Morgan fingerprint density at radius 2 is 1.05 bits per heavy atom. The fourth-order valence-corrected chi connectivity index (χ4v) is 18.1. The number of phenols is 1. The van der Waals surface area contributed by atoms with Crippen LogP contribution in [0.3, 0.4) is 0 Å². The van der Waals surface area contributed by atoms with E-state index in [2.05, 4.69) is 63.5 Å². The van der Waals surface area contributed by atoms with Crippen LogP contribution >= 0.6 is 0 Å². The summed E-state index contributed by atoms with van der Waals surface area (Å²) in [6.07, 6.45) is 2.49. The van der Waals surface area contributed by atoms with Crippen LogP contribution in [0, 0.1) is 11.8 Å². The van der Waals surface area contributed by atoms with Crippen molar-refractivity contribution in [1.29, 1.82) is 0 Å². The highest BCUT2D eigenvalue weighted by molar-refractivity contribution is 6.03. The van der Waals surface area contributed by atoms with Crippen LogP contribution < -0.4 is 81.4 Å². The number of carbonyl (C=O) groups excluding carboxylic acids is 17. The van der Waals surface area contributed by atoms with Gasteiger partial charge in [-0.1, -0.05) is 122 Å². The van der Waals surface area contributed by atoms with Gasteiger partial charge >= 0.3 is 5.97 Å². The Kier molecular flexibility index (Phi) is 40.1. The lowest BCUT2D eigenvalue weighted by atomic mass is 9.97. The molecule has 137 heavy (non-hydrogen) atoms. The number of benzene rings is 3. The number of hydrogen-bond donors (Lipinski definition) is 19. The number of carboxylic acids is 1. The van der Waals surface area contributed by atoms with E-state index in [1.54, 1.807) is 82.4 Å². The number of aromatic nitrogens is 2. The molecule has 0 bridgehead atoms. The normalized spacial score (nSPS) is 25.1. The van der Waals surface area contributed by atoms with Crippen molar-refractivity contribution in [3.63, 3.8) is 0 Å². The van der Waals surface area contributed by atoms with E-state index in [1.165, 1.54) is 58.9 Å². The topological polar surface area (TPSA) is 641 Å². The Hall–Kier alpha value is -13.2. The number of piperidine rings is 1. The number of nitrogens with one attached hydrogen (secondary N) is 12. The van der Waals surface area contributed by atoms with E-state index in [0.29, 0.717) is 83.4 Å². The summed E-state index contributed by atoms with van der Waals surface area (Å²) in [5.74, 6) is -17.7. The second kappa shape index (κ2) is 51.1. The molecule has 2 aromatic heterocycles. The molecule has 23 N–H and O–H groups in total. The van der Waals surface area contributed by atoms with Crippen molar-refractivity contribution in [2.75, 3.05) is 66.5 Å². The molecule has 0 aliphatic carbocycles. The van der Waals surface area contributed by atoms with E-state index >= 15 is 38.4 Å². The lowest BCUT2D eigenvalue weighted by molar-refractivity contribution is -0.149. The first-order chi connectivity index (χ1) is 65.2. The van der Waals surface area contributed by atoms with Crippen LogP contribution in [-0.2, 0) is 112 Å². The average Bonchev–Trinajstić information content (AvgIpc) is 1.69. The predicted molar refractivity (Wildman–Crippen MR) is 502 cm³/mol. The standard InChI is InChI=1S/C94H136N22O21/c1-9-11-13-26-72-86(129)104-63(37-52(3)4)83(126)110-70(81(124)101-47-78(98)120)46-99-48-79(121)102-66(39-54-29-31-57(117)32-30-54)91(134)114-35-19-18-27-73(114)87(130)108-68(43-77(97)119)92(135)115-36-20-28-74(115)88(131)109-69(44-96)85(128)106-65(38-53(5)6)93(136)116-50-58(118)42-76(116)89(132)105-64(40-55-45-100-61-23-16-14-21-59(55)61)84(127)103-62(33-34-95)82(125)107-67(90(133)112(8)75(24-12-10-2)94(137)111(72)7)41-56-49-113(51-80(122)123)71-25-17-15-22-60(56)71/h14-17,21-23,25,29-32,45,49,52-53,58,62-70,72-76,99-100,117-118H,9-13,18-20,24,26-28,33-44,46-48,50-51,95-96H2,1-8H3,(H2,97,119)(H2,98,120)(H,101,124)(H,102,121)(H,103,127)(H,104,129)(H,105,132)(H,106,128)(H,107,125)(H,108,130)(H,109,131)(H,110,126)(H,122,123)/t58-,62+,63+,64+,65+,66+,67+,68+,69+,70+,72+,73+,74+,75+,76+/m1/s1. The van der Waals surface area contributed by atoms with Crippen molar-refractivity contribution in [2.45, 2.75) is 267 Å². The van der Waals surface area contributed by atoms with Crippen LogP contribution in [0.1, 0.15) is 167 Å². The number of para-hydroxylation sites is 2. The maximum atomic E-state index is 16.0. The second-order valence-electron chi connectivity index (χ2n) is 36.7. The summed E-state index contributed by atoms with van der Waals surface area (Å²) in [5, 5.41) is 62.6. The number of nitrogens with two attached hydrogens (primary N) is 4. The lowest BCUT2D eigenvalue weighted by Gasteiger charge is -2.38. The molecule has 43 nitrogen and oxygen atoms in total. The average molecular weight is 1910 g/mol. The van der Waals surface area contributed by atoms with Gasteiger partial charge in [-0.05, 0) is 124 Å². The van der Waals surface area contributed by atoms with Gasteiger partial charge < -0.3 is 131 Å². The highest BCUT2D eigenvalue weighted by Crippen LogP contribution is 2.30. The van der Waals surface area contributed by atoms with Gasteiger partial charge in [0.25, 0.3) is 0 Å². The highest BCUT2D eigenvalue weighted by atomic mass is 16.4. The third-order valence-corrected chi connectivity index (χ3v) is 25.2. The summed E-state index contributed by atoms with van der Waals surface area (Å²) >= 11 is 0. The number of carbonyl (C=O) groups is 18. The predicted octanol–water partition coefficient (Wildman–Crippen LogP) is -2.46. The van der Waals surface area contributed by atoms with E-state index in [-0.39, 0.29) is 114 Å². The molecular formula is C94H136N22O21. The van der Waals surface area contributed by atoms with Crippen molar-refractivity contribution in [3.05, 3.63) is 102 Å². The van der Waals surface area contributed by atoms with E-state index in [1.807, 2.05) is 13.8 Å². The smallest absolute Gasteiger partial charge is 0.323 e. The summed E-state index contributed by atoms with van der Waals surface area (Å²) in [4.78, 5) is 273. The number of aliphatic hydroxyl groups is 1. The maximum absolute atomic E-state index is 16.0. The number of rotatable bonds is 27. The van der Waals surface area contributed by atoms with Gasteiger partial charge in [0.2, 0.25) is 100 Å². The molecule has 5 aromatic rings. The van der Waals surface area contributed by atoms with Crippen LogP contribution in [0.25, 0.3) is 21.8 Å². The Labute approximate surface area is 794 Å². The Morgan fingerprint density at radius 1 is 0.511 bits per heavy atom. The molecule has 17 amide bonds. The number of aromatic hydroxyl groups is 1. The molecule has 43 heteroatoms. The first-order valence-electron chi connectivity index (χ1n) is 47.2. The number of fused-ring (bicyclic) bond motifs is 5. The minimum atomic E-state index is -1.75. The molecule has 4 aliphatic rings. The quantitative estimate of drug-likeness (QED) is 0.0243. The van der Waals surface area contributed by atoms with E-state index in [0.717, 1.165) is 14.7 Å². The van der Waals surface area contributed by atoms with Crippen LogP contribution in [-0.4, -0.2) is 313 Å². The van der Waals surface area contributed by atoms with Gasteiger partial charge in [-0.25, -0.2) is 0 Å². The Morgan fingerprint density at radius 3 is 1.70 bits per heavy atom. The molecule has 0 saturated carbocycles. The van der Waals surface area contributed by atoms with Crippen LogP contribution in [0.15, 0.2) is 85.2 Å². The molecule has 3 aromatic carbocycles. The number of hydrogen-bond acceptors (Lipinski definition) is 23. The zero-order chi connectivity index (χ0) is 100. The molecule has 4 fully saturated rings. The fourth-order valence-electron chi connectivity index (χ4n) is 18.1. The van der Waals surface area contributed by atoms with Crippen molar-refractivity contribution in [1.82, 2.24) is 92.5 Å². The van der Waals surface area contributed by atoms with Gasteiger partial charge in [-0.2, -0.15) is 0 Å². The maximum Gasteiger partial charge on any atom is 0.323 e. The first kappa shape index (κ1) is 108. The molecule has 6 heterocycles. The Balaban J connectivity index is 1.11. The molecule has 0 radical (unpaired) electrons. The summed E-state index contributed by atoms with van der Waals surface area (Å²) in [6, 6.07) is -1.94. The number of aliphatic carboxylic acids is 1. The van der Waals surface area contributed by atoms with E-state index < -0.39 is 243 Å². The summed E-state index contributed by atoms with van der Waals surface area (Å²) in [6.45, 7) is 6.78. The molecule has 748 valence electrons. The number of phenolic OH excluding ortho intramolecular Hbond substituents is 1. The van der Waals surface area contributed by atoms with Gasteiger partial charge in [0.1, 0.15) is 96.9 Å². The van der Waals surface area contributed by atoms with Crippen molar-refractivity contribution in [2.24, 2.45) is 34.8 Å². The number of nitrogens with zero attached hydrogens (tertiary/aromatic N) is 6. The Bertz CT molecular complexity index is 5140. The third kappa shape index (κ3) is 29.7. The van der Waals surface area contributed by atoms with Crippen LogP contribution in [0.4, 0.5) is 0 Å². The van der Waals surface area contributed by atoms with E-state index in [4.69, 9.17) is 22.9 Å². The van der Waals surface area contributed by atoms with E-state index in [9.17, 15) is 63.3 Å². The lowest BCUT2D eigenvalue weighted by Crippen LogP contribution is -2.62. The number of primary amides is 2. The fraction of sp³-hybridized carbons (Fsp3) is 0.574. The number of amides is 17. The summed E-state index contributed by atoms with van der Waals surface area (Å²) in [7, 11) is 2.71. The minimum absolute atomic E-state index is 0.00215. The SMILES string of the molecule is CCCCC[C@H]1C(=O)N[C@@H](CC(C)C)C(=O)N[C@H](C(=O)NCC(N)=O)CNCC(=O)N[C@@H](Cc2ccc(O)cc2)C(=O)N2CCCC[C@H]2C(=O)N[C@@H](CC(N)=O)C(=O)N2CCC[C@H]2C(=O)N[C@@H](CN)C(=O)N[C@@H](CC(C)C)C(=O)N2C[C@H](O)C[C@H]2C(=O)N[C@@H](Cc2c[nH]c3ccccc23)C(=O)N[C@@H](CCN)C(=O)N[C@@H](Cc2cn(CC(=O)O)c3ccccc23)C(=O)N(C)[C@@H](CCCC)C(=O)N1C. The third-order valence-electron chi connectivity index (χ3n) is 25.2. The van der Waals surface area contributed by atoms with Crippen molar-refractivity contribution < 1.29 is 102 Å². The van der Waals surface area contributed by atoms with Gasteiger partial charge in [0.15, 0.2) is 0 Å².